The molecule has 1 N–H and O–H groups in total. The molecule has 1 amide bonds. The number of hydrogen-bond donors (Lipinski definition) is 1. The maximum atomic E-state index is 11.7. The van der Waals surface area contributed by atoms with Crippen LogP contribution in [0.4, 0.5) is 0 Å². The fourth-order valence-corrected chi connectivity index (χ4v) is 1.60. The molecule has 0 saturated heterocycles. The van der Waals surface area contributed by atoms with Crippen LogP contribution in [-0.4, -0.2) is 24.4 Å². The molecule has 0 spiro atoms. The van der Waals surface area contributed by atoms with E-state index < -0.39 is 0 Å². The predicted molar refractivity (Wildman–Crippen MR) is 77.3 cm³/mol. The van der Waals surface area contributed by atoms with Gasteiger partial charge in [0.25, 0.3) is 0 Å². The van der Waals surface area contributed by atoms with E-state index in [0.717, 1.165) is 11.3 Å². The molecule has 0 bridgehead atoms. The largest absolute Gasteiger partial charge is 0.497 e. The van der Waals surface area contributed by atoms with Crippen molar-refractivity contribution in [3.8, 4) is 5.75 Å². The number of halogens is 1. The van der Waals surface area contributed by atoms with Crippen LogP contribution in [0, 0.1) is 5.92 Å². The summed E-state index contributed by atoms with van der Waals surface area (Å²) in [5, 5.41) is 2.92. The molecule has 0 aromatic heterocycles. The lowest BCUT2D eigenvalue weighted by Gasteiger charge is -2.14. The first-order valence-corrected chi connectivity index (χ1v) is 6.98. The second-order valence-corrected chi connectivity index (χ2v) is 5.77. The van der Waals surface area contributed by atoms with Crippen molar-refractivity contribution in [3.05, 3.63) is 29.8 Å². The van der Waals surface area contributed by atoms with Gasteiger partial charge in [-0.2, -0.15) is 0 Å². The lowest BCUT2D eigenvalue weighted by atomic mass is 10.1. The molecule has 1 atom stereocenters. The molecule has 1 aromatic carbocycles. The number of alkyl halides is 1. The third-order valence-electron chi connectivity index (χ3n) is 2.74. The van der Waals surface area contributed by atoms with Crippen LogP contribution in [0.5, 0.6) is 5.75 Å². The first-order chi connectivity index (χ1) is 8.52. The minimum absolute atomic E-state index is 0.0465. The molecule has 4 heteroatoms. The normalized spacial score (nSPS) is 12.3. The van der Waals surface area contributed by atoms with Crippen LogP contribution in [-0.2, 0) is 11.2 Å². The SMILES string of the molecule is COc1ccc(CC(=O)NCC(Br)C(C)C)cc1. The van der Waals surface area contributed by atoms with Crippen molar-refractivity contribution >= 4 is 21.8 Å². The van der Waals surface area contributed by atoms with E-state index in [0.29, 0.717) is 23.7 Å². The Morgan fingerprint density at radius 3 is 2.44 bits per heavy atom. The van der Waals surface area contributed by atoms with Gasteiger partial charge >= 0.3 is 0 Å². The fraction of sp³-hybridized carbons (Fsp3) is 0.500. The van der Waals surface area contributed by atoms with E-state index in [2.05, 4.69) is 35.1 Å². The van der Waals surface area contributed by atoms with Gasteiger partial charge in [-0.15, -0.1) is 0 Å². The highest BCUT2D eigenvalue weighted by Gasteiger charge is 2.10. The Morgan fingerprint density at radius 2 is 1.94 bits per heavy atom. The summed E-state index contributed by atoms with van der Waals surface area (Å²) in [7, 11) is 1.63. The van der Waals surface area contributed by atoms with Crippen LogP contribution in [0.3, 0.4) is 0 Å². The maximum absolute atomic E-state index is 11.7. The average Bonchev–Trinajstić information content (AvgIpc) is 2.36. The molecule has 0 aliphatic carbocycles. The van der Waals surface area contributed by atoms with Gasteiger partial charge in [-0.05, 0) is 23.6 Å². The Labute approximate surface area is 117 Å². The second kappa shape index (κ2) is 7.41. The molecule has 1 aromatic rings. The van der Waals surface area contributed by atoms with E-state index >= 15 is 0 Å². The molecule has 0 fully saturated rings. The first-order valence-electron chi connectivity index (χ1n) is 6.06. The molecular formula is C14H20BrNO2. The highest BCUT2D eigenvalue weighted by molar-refractivity contribution is 9.09. The van der Waals surface area contributed by atoms with Gasteiger partial charge in [0, 0.05) is 11.4 Å². The molecule has 100 valence electrons. The zero-order valence-electron chi connectivity index (χ0n) is 11.1. The molecular weight excluding hydrogens is 294 g/mol. The first kappa shape index (κ1) is 15.0. The number of carbonyl (C=O) groups is 1. The van der Waals surface area contributed by atoms with Gasteiger partial charge in [0.05, 0.1) is 13.5 Å². The third kappa shape index (κ3) is 5.08. The van der Waals surface area contributed by atoms with Crippen LogP contribution in [0.2, 0.25) is 0 Å². The number of nitrogens with one attached hydrogen (secondary N) is 1. The monoisotopic (exact) mass is 313 g/mol. The molecule has 1 rings (SSSR count). The molecule has 0 aliphatic heterocycles. The zero-order chi connectivity index (χ0) is 13.5. The lowest BCUT2D eigenvalue weighted by Crippen LogP contribution is -2.32. The molecule has 1 unspecified atom stereocenters. The maximum Gasteiger partial charge on any atom is 0.224 e. The van der Waals surface area contributed by atoms with Crippen molar-refractivity contribution in [2.24, 2.45) is 5.92 Å². The number of benzene rings is 1. The van der Waals surface area contributed by atoms with Gasteiger partial charge in [0.2, 0.25) is 5.91 Å². The Morgan fingerprint density at radius 1 is 1.33 bits per heavy atom. The molecule has 0 aliphatic rings. The summed E-state index contributed by atoms with van der Waals surface area (Å²) in [4.78, 5) is 12.0. The number of methoxy groups -OCH3 is 1. The summed E-state index contributed by atoms with van der Waals surface area (Å²) in [5.74, 6) is 1.36. The van der Waals surface area contributed by atoms with Crippen LogP contribution in [0.1, 0.15) is 19.4 Å². The minimum atomic E-state index is 0.0465. The quantitative estimate of drug-likeness (QED) is 0.820. The Bertz CT molecular complexity index is 376. The third-order valence-corrected chi connectivity index (χ3v) is 4.12. The van der Waals surface area contributed by atoms with Crippen LogP contribution in [0.25, 0.3) is 0 Å². The predicted octanol–water partition coefficient (Wildman–Crippen LogP) is 2.77. The highest BCUT2D eigenvalue weighted by atomic mass is 79.9. The highest BCUT2D eigenvalue weighted by Crippen LogP contribution is 2.12. The summed E-state index contributed by atoms with van der Waals surface area (Å²) < 4.78 is 5.07. The van der Waals surface area contributed by atoms with Crippen LogP contribution >= 0.6 is 15.9 Å². The van der Waals surface area contributed by atoms with Crippen molar-refractivity contribution in [2.45, 2.75) is 25.1 Å². The molecule has 0 radical (unpaired) electrons. The van der Waals surface area contributed by atoms with E-state index in [9.17, 15) is 4.79 Å². The summed E-state index contributed by atoms with van der Waals surface area (Å²) in [5.41, 5.74) is 0.990. The molecule has 0 heterocycles. The van der Waals surface area contributed by atoms with Crippen molar-refractivity contribution in [1.82, 2.24) is 5.32 Å². The molecule has 0 saturated carbocycles. The fourth-order valence-electron chi connectivity index (χ4n) is 1.44. The van der Waals surface area contributed by atoms with Crippen LogP contribution in [0.15, 0.2) is 24.3 Å². The van der Waals surface area contributed by atoms with Gasteiger partial charge in [-0.3, -0.25) is 4.79 Å². The number of rotatable bonds is 6. The number of carbonyl (C=O) groups excluding carboxylic acids is 1. The van der Waals surface area contributed by atoms with E-state index in [1.54, 1.807) is 7.11 Å². The van der Waals surface area contributed by atoms with Gasteiger partial charge < -0.3 is 10.1 Å². The Balaban J connectivity index is 2.39. The molecule has 18 heavy (non-hydrogen) atoms. The Kier molecular flexibility index (Phi) is 6.19. The van der Waals surface area contributed by atoms with E-state index in [1.165, 1.54) is 0 Å². The topological polar surface area (TPSA) is 38.3 Å². The summed E-state index contributed by atoms with van der Waals surface area (Å²) in [6.45, 7) is 4.90. The Hall–Kier alpha value is -1.03. The summed E-state index contributed by atoms with van der Waals surface area (Å²) in [6.07, 6.45) is 0.405. The van der Waals surface area contributed by atoms with E-state index in [4.69, 9.17) is 4.74 Å². The number of amides is 1. The number of hydrogen-bond acceptors (Lipinski definition) is 2. The van der Waals surface area contributed by atoms with Gasteiger partial charge in [-0.25, -0.2) is 0 Å². The van der Waals surface area contributed by atoms with Crippen molar-refractivity contribution in [1.29, 1.82) is 0 Å². The van der Waals surface area contributed by atoms with Crippen molar-refractivity contribution in [3.63, 3.8) is 0 Å². The zero-order valence-corrected chi connectivity index (χ0v) is 12.7. The number of ether oxygens (including phenoxy) is 1. The summed E-state index contributed by atoms with van der Waals surface area (Å²) in [6, 6.07) is 7.55. The smallest absolute Gasteiger partial charge is 0.224 e. The van der Waals surface area contributed by atoms with Crippen molar-refractivity contribution in [2.75, 3.05) is 13.7 Å². The van der Waals surface area contributed by atoms with Gasteiger partial charge in [0.1, 0.15) is 5.75 Å². The van der Waals surface area contributed by atoms with Crippen LogP contribution < -0.4 is 10.1 Å². The average molecular weight is 314 g/mol. The van der Waals surface area contributed by atoms with Gasteiger partial charge in [-0.1, -0.05) is 41.9 Å². The van der Waals surface area contributed by atoms with E-state index in [1.807, 2.05) is 24.3 Å². The lowest BCUT2D eigenvalue weighted by molar-refractivity contribution is -0.120. The second-order valence-electron chi connectivity index (χ2n) is 4.59. The van der Waals surface area contributed by atoms with E-state index in [-0.39, 0.29) is 5.91 Å². The summed E-state index contributed by atoms with van der Waals surface area (Å²) >= 11 is 3.54. The van der Waals surface area contributed by atoms with Gasteiger partial charge in [0.15, 0.2) is 0 Å². The van der Waals surface area contributed by atoms with Crippen molar-refractivity contribution < 1.29 is 9.53 Å². The standard InChI is InChI=1S/C14H20BrNO2/c1-10(2)13(15)9-16-14(17)8-11-4-6-12(18-3)7-5-11/h4-7,10,13H,8-9H2,1-3H3,(H,16,17). The molecule has 3 nitrogen and oxygen atoms in total. The minimum Gasteiger partial charge on any atom is -0.497 e.